The van der Waals surface area contributed by atoms with Crippen LogP contribution in [0.5, 0.6) is 0 Å². The molecule has 25 heavy (non-hydrogen) atoms. The topological polar surface area (TPSA) is 61.4 Å². The molecule has 0 aliphatic carbocycles. The van der Waals surface area contributed by atoms with Crippen LogP contribution in [0.15, 0.2) is 12.2 Å². The molecule has 0 aromatic rings. The Morgan fingerprint density at radius 3 is 2.52 bits per heavy atom. The molecule has 3 aliphatic heterocycles. The van der Waals surface area contributed by atoms with Crippen molar-refractivity contribution >= 4 is 11.6 Å². The summed E-state index contributed by atoms with van der Waals surface area (Å²) < 4.78 is 0. The van der Waals surface area contributed by atoms with Crippen LogP contribution in [0, 0.1) is 5.92 Å². The number of fused-ring (bicyclic) bond motifs is 8. The zero-order valence-electron chi connectivity index (χ0n) is 16.5. The molecule has 3 heterocycles. The molecule has 0 spiro atoms. The van der Waals surface area contributed by atoms with Crippen molar-refractivity contribution in [2.45, 2.75) is 71.0 Å². The van der Waals surface area contributed by atoms with Gasteiger partial charge in [0.15, 0.2) is 11.6 Å². The normalized spacial score (nSPS) is 34.2. The van der Waals surface area contributed by atoms with Gasteiger partial charge >= 0.3 is 0 Å². The molecule has 2 N–H and O–H groups in total. The molecular formula is C20H35N3O2. The average Bonchev–Trinajstić information content (AvgIpc) is 2.52. The van der Waals surface area contributed by atoms with Crippen LogP contribution in [-0.2, 0) is 9.59 Å². The van der Waals surface area contributed by atoms with Crippen molar-refractivity contribution in [2.24, 2.45) is 5.92 Å². The van der Waals surface area contributed by atoms with E-state index in [0.29, 0.717) is 0 Å². The molecule has 3 rings (SSSR count). The lowest BCUT2D eigenvalue weighted by Gasteiger charge is -2.50. The summed E-state index contributed by atoms with van der Waals surface area (Å²) in [5, 5.41) is 6.82. The second-order valence-electron chi connectivity index (χ2n) is 8.54. The number of ketones is 2. The maximum Gasteiger partial charge on any atom is 0.169 e. The molecule has 1 fully saturated rings. The van der Waals surface area contributed by atoms with E-state index in [2.05, 4.69) is 41.5 Å². The van der Waals surface area contributed by atoms with Gasteiger partial charge < -0.3 is 5.32 Å². The number of carbonyl (C=O) groups excluding carboxylic acids is 2. The molecule has 3 aliphatic rings. The van der Waals surface area contributed by atoms with Crippen LogP contribution in [-0.4, -0.2) is 59.8 Å². The van der Waals surface area contributed by atoms with Crippen molar-refractivity contribution in [3.63, 3.8) is 0 Å². The number of allylic oxidation sites excluding steroid dienone is 1. The van der Waals surface area contributed by atoms with Gasteiger partial charge in [0.1, 0.15) is 5.54 Å². The highest BCUT2D eigenvalue weighted by atomic mass is 16.1. The van der Waals surface area contributed by atoms with Crippen LogP contribution in [0.3, 0.4) is 0 Å². The molecule has 142 valence electrons. The first-order valence-electron chi connectivity index (χ1n) is 9.66. The molecule has 1 saturated heterocycles. The lowest BCUT2D eigenvalue weighted by Crippen LogP contribution is -2.75. The zero-order chi connectivity index (χ0) is 18.7. The highest BCUT2D eigenvalue weighted by Gasteiger charge is 2.49. The molecule has 5 heteroatoms. The van der Waals surface area contributed by atoms with Crippen molar-refractivity contribution < 1.29 is 9.59 Å². The zero-order valence-corrected chi connectivity index (χ0v) is 16.5. The largest absolute Gasteiger partial charge is 0.301 e. The van der Waals surface area contributed by atoms with Crippen LogP contribution in [0.1, 0.15) is 53.9 Å². The SMILES string of the molecule is CC(C)NC12CN(CC=CCCC[C@@](C)(C(=O)C(C)C)NCC1=O)C2. The van der Waals surface area contributed by atoms with Gasteiger partial charge in [0.25, 0.3) is 0 Å². The van der Waals surface area contributed by atoms with Gasteiger partial charge in [-0.15, -0.1) is 0 Å². The standard InChI is InChI=1S/C20H35N3O2/c1-15(2)18(25)19(5)10-8-6-7-9-11-23-13-20(14-23,22-16(3)4)17(24)12-21-19/h7,9,15-16,21-22H,6,8,10-14H2,1-5H3/t19-/m0/s1. The van der Waals surface area contributed by atoms with Crippen molar-refractivity contribution in [1.29, 1.82) is 0 Å². The molecule has 0 radical (unpaired) electrons. The summed E-state index contributed by atoms with van der Waals surface area (Å²) in [7, 11) is 0. The number of carbonyl (C=O) groups is 2. The second kappa shape index (κ2) is 8.11. The van der Waals surface area contributed by atoms with Crippen LogP contribution < -0.4 is 10.6 Å². The number of hydrogen-bond donors (Lipinski definition) is 2. The third kappa shape index (κ3) is 4.78. The highest BCUT2D eigenvalue weighted by Crippen LogP contribution is 2.25. The Balaban J connectivity index is 2.19. The van der Waals surface area contributed by atoms with E-state index >= 15 is 0 Å². The summed E-state index contributed by atoms with van der Waals surface area (Å²) in [5.41, 5.74) is -1.11. The summed E-state index contributed by atoms with van der Waals surface area (Å²) in [4.78, 5) is 28.0. The summed E-state index contributed by atoms with van der Waals surface area (Å²) in [6, 6.07) is 0.251. The Morgan fingerprint density at radius 2 is 1.92 bits per heavy atom. The molecule has 0 unspecified atom stereocenters. The first-order valence-corrected chi connectivity index (χ1v) is 9.66. The van der Waals surface area contributed by atoms with Gasteiger partial charge in [0.2, 0.25) is 0 Å². The fourth-order valence-corrected chi connectivity index (χ4v) is 4.04. The molecule has 0 amide bonds. The predicted octanol–water partition coefficient (Wildman–Crippen LogP) is 1.92. The average molecular weight is 350 g/mol. The number of hydrogen-bond acceptors (Lipinski definition) is 5. The number of rotatable bonds is 4. The Kier molecular flexibility index (Phi) is 6.57. The van der Waals surface area contributed by atoms with Gasteiger partial charge in [-0.25, -0.2) is 0 Å². The monoisotopic (exact) mass is 349 g/mol. The van der Waals surface area contributed by atoms with Crippen molar-refractivity contribution in [2.75, 3.05) is 26.2 Å². The van der Waals surface area contributed by atoms with Gasteiger partial charge in [0, 0.05) is 31.6 Å². The van der Waals surface area contributed by atoms with Gasteiger partial charge in [-0.05, 0) is 40.0 Å². The van der Waals surface area contributed by atoms with Gasteiger partial charge in [-0.2, -0.15) is 0 Å². The van der Waals surface area contributed by atoms with Crippen molar-refractivity contribution in [3.8, 4) is 0 Å². The van der Waals surface area contributed by atoms with E-state index in [4.69, 9.17) is 0 Å². The third-order valence-electron chi connectivity index (χ3n) is 5.37. The van der Waals surface area contributed by atoms with Crippen LogP contribution in [0.4, 0.5) is 0 Å². The molecule has 1 atom stereocenters. The van der Waals surface area contributed by atoms with Crippen molar-refractivity contribution in [3.05, 3.63) is 12.2 Å². The van der Waals surface area contributed by atoms with E-state index in [-0.39, 0.29) is 30.1 Å². The van der Waals surface area contributed by atoms with E-state index in [9.17, 15) is 9.59 Å². The van der Waals surface area contributed by atoms with Gasteiger partial charge in [-0.1, -0.05) is 26.0 Å². The van der Waals surface area contributed by atoms with Gasteiger partial charge in [0.05, 0.1) is 12.1 Å². The lowest BCUT2D eigenvalue weighted by atomic mass is 9.82. The maximum atomic E-state index is 13.0. The lowest BCUT2D eigenvalue weighted by molar-refractivity contribution is -0.133. The Labute approximate surface area is 152 Å². The highest BCUT2D eigenvalue weighted by molar-refractivity contribution is 5.94. The third-order valence-corrected chi connectivity index (χ3v) is 5.37. The Bertz CT molecular complexity index is 521. The van der Waals surface area contributed by atoms with Crippen LogP contribution in [0.25, 0.3) is 0 Å². The molecule has 0 saturated carbocycles. The molecule has 5 nitrogen and oxygen atoms in total. The summed E-state index contributed by atoms with van der Waals surface area (Å²) in [6.45, 7) is 12.6. The minimum Gasteiger partial charge on any atom is -0.301 e. The smallest absolute Gasteiger partial charge is 0.169 e. The van der Waals surface area contributed by atoms with E-state index in [1.165, 1.54) is 0 Å². The minimum absolute atomic E-state index is 0.0410. The predicted molar refractivity (Wildman–Crippen MR) is 102 cm³/mol. The van der Waals surface area contributed by atoms with Crippen LogP contribution >= 0.6 is 0 Å². The first kappa shape index (κ1) is 20.3. The number of nitrogens with one attached hydrogen (secondary N) is 2. The number of nitrogens with zero attached hydrogens (tertiary/aromatic N) is 1. The van der Waals surface area contributed by atoms with E-state index in [1.807, 2.05) is 20.8 Å². The van der Waals surface area contributed by atoms with E-state index in [0.717, 1.165) is 38.9 Å². The Morgan fingerprint density at radius 1 is 1.24 bits per heavy atom. The van der Waals surface area contributed by atoms with Gasteiger partial charge in [-0.3, -0.25) is 19.8 Å². The number of Topliss-reactive ketones (excluding diaryl/α,β-unsaturated/α-hetero) is 2. The van der Waals surface area contributed by atoms with E-state index < -0.39 is 11.1 Å². The minimum atomic E-state index is -0.631. The summed E-state index contributed by atoms with van der Waals surface area (Å²) >= 11 is 0. The maximum absolute atomic E-state index is 13.0. The summed E-state index contributed by atoms with van der Waals surface area (Å²) in [6.07, 6.45) is 7.07. The summed E-state index contributed by atoms with van der Waals surface area (Å²) in [5.74, 6) is 0.324. The quantitative estimate of drug-likeness (QED) is 0.760. The molecule has 0 aromatic heterocycles. The van der Waals surface area contributed by atoms with Crippen LogP contribution in [0.2, 0.25) is 0 Å². The second-order valence-corrected chi connectivity index (χ2v) is 8.54. The molecule has 2 bridgehead atoms. The Hall–Kier alpha value is -1.04. The fraction of sp³-hybridized carbons (Fsp3) is 0.800. The molecular weight excluding hydrogens is 314 g/mol. The molecule has 0 aromatic carbocycles. The van der Waals surface area contributed by atoms with Crippen molar-refractivity contribution in [1.82, 2.24) is 15.5 Å². The van der Waals surface area contributed by atoms with E-state index in [1.54, 1.807) is 0 Å². The fourth-order valence-electron chi connectivity index (χ4n) is 4.04. The first-order chi connectivity index (χ1) is 11.7.